The Kier molecular flexibility index (Phi) is 3.82. The molecule has 4 rings (SSSR count). The van der Waals surface area contributed by atoms with Gasteiger partial charge >= 0.3 is 5.97 Å². The number of hydrogen-bond donors (Lipinski definition) is 0. The number of hydrogen-bond acceptors (Lipinski definition) is 6. The monoisotopic (exact) mass is 357 g/mol. The molecule has 126 valence electrons. The second kappa shape index (κ2) is 6.14. The van der Waals surface area contributed by atoms with Gasteiger partial charge in [0, 0.05) is 11.6 Å². The molecule has 0 radical (unpaired) electrons. The van der Waals surface area contributed by atoms with Crippen molar-refractivity contribution in [2.24, 2.45) is 0 Å². The third-order valence-corrected chi connectivity index (χ3v) is 4.08. The topological polar surface area (TPSA) is 70.8 Å². The maximum Gasteiger partial charge on any atom is 0.349 e. The van der Waals surface area contributed by atoms with E-state index in [2.05, 4.69) is 5.16 Å². The van der Waals surface area contributed by atoms with E-state index >= 15 is 0 Å². The zero-order valence-corrected chi connectivity index (χ0v) is 13.9. The SMILES string of the molecule is Cc1onc(-c2ccccc2Cl)c1C(=O)Oc1ccc2c(c1)OCO2. The fraction of sp³-hybridized carbons (Fsp3) is 0.111. The van der Waals surface area contributed by atoms with Crippen molar-refractivity contribution in [1.29, 1.82) is 0 Å². The Morgan fingerprint density at radius 2 is 1.96 bits per heavy atom. The van der Waals surface area contributed by atoms with Gasteiger partial charge in [-0.1, -0.05) is 35.0 Å². The number of carbonyl (C=O) groups is 1. The first-order valence-corrected chi connectivity index (χ1v) is 7.84. The first-order chi connectivity index (χ1) is 12.1. The molecule has 25 heavy (non-hydrogen) atoms. The molecule has 7 heteroatoms. The Hall–Kier alpha value is -2.99. The number of aromatic nitrogens is 1. The minimum absolute atomic E-state index is 0.147. The summed E-state index contributed by atoms with van der Waals surface area (Å²) in [6.45, 7) is 1.79. The van der Waals surface area contributed by atoms with Crippen LogP contribution in [0.5, 0.6) is 17.2 Å². The van der Waals surface area contributed by atoms with Gasteiger partial charge < -0.3 is 18.7 Å². The van der Waals surface area contributed by atoms with Crippen LogP contribution in [0.25, 0.3) is 11.3 Å². The van der Waals surface area contributed by atoms with Gasteiger partial charge in [0.1, 0.15) is 22.8 Å². The van der Waals surface area contributed by atoms with Gasteiger partial charge in [0.05, 0.1) is 5.02 Å². The molecule has 6 nitrogen and oxygen atoms in total. The highest BCUT2D eigenvalue weighted by molar-refractivity contribution is 6.33. The van der Waals surface area contributed by atoms with Gasteiger partial charge in [0.25, 0.3) is 0 Å². The molecule has 1 aliphatic heterocycles. The lowest BCUT2D eigenvalue weighted by atomic mass is 10.1. The van der Waals surface area contributed by atoms with E-state index in [4.69, 9.17) is 30.3 Å². The quantitative estimate of drug-likeness (QED) is 0.515. The van der Waals surface area contributed by atoms with E-state index in [0.29, 0.717) is 39.3 Å². The number of carbonyl (C=O) groups excluding carboxylic acids is 1. The molecular formula is C18H12ClNO5. The summed E-state index contributed by atoms with van der Waals surface area (Å²) in [5.41, 5.74) is 1.17. The molecule has 0 fully saturated rings. The highest BCUT2D eigenvalue weighted by atomic mass is 35.5. The summed E-state index contributed by atoms with van der Waals surface area (Å²) in [6, 6.07) is 12.0. The van der Waals surface area contributed by atoms with Gasteiger partial charge in [-0.3, -0.25) is 0 Å². The number of rotatable bonds is 3. The first-order valence-electron chi connectivity index (χ1n) is 7.46. The van der Waals surface area contributed by atoms with E-state index in [-0.39, 0.29) is 12.4 Å². The molecule has 0 N–H and O–H groups in total. The molecular weight excluding hydrogens is 346 g/mol. The van der Waals surface area contributed by atoms with Crippen LogP contribution in [0.2, 0.25) is 5.02 Å². The molecule has 0 atom stereocenters. The number of ether oxygens (including phenoxy) is 3. The summed E-state index contributed by atoms with van der Waals surface area (Å²) in [5.74, 6) is 1.23. The zero-order chi connectivity index (χ0) is 17.4. The van der Waals surface area contributed by atoms with Gasteiger partial charge in [-0.15, -0.1) is 0 Å². The van der Waals surface area contributed by atoms with Gasteiger partial charge in [0.15, 0.2) is 11.5 Å². The number of nitrogens with zero attached hydrogens (tertiary/aromatic N) is 1. The summed E-state index contributed by atoms with van der Waals surface area (Å²) < 4.78 is 21.2. The smallest absolute Gasteiger partial charge is 0.349 e. The zero-order valence-electron chi connectivity index (χ0n) is 13.1. The van der Waals surface area contributed by atoms with E-state index in [1.807, 2.05) is 0 Å². The highest BCUT2D eigenvalue weighted by Crippen LogP contribution is 2.36. The number of halogens is 1. The molecule has 0 unspecified atom stereocenters. The summed E-state index contributed by atoms with van der Waals surface area (Å²) in [5, 5.41) is 4.43. The van der Waals surface area contributed by atoms with Crippen LogP contribution in [-0.2, 0) is 0 Å². The van der Waals surface area contributed by atoms with Crippen LogP contribution >= 0.6 is 11.6 Å². The third kappa shape index (κ3) is 2.81. The largest absolute Gasteiger partial charge is 0.454 e. The average Bonchev–Trinajstić information content (AvgIpc) is 3.21. The molecule has 0 amide bonds. The molecule has 3 aromatic rings. The molecule has 1 aliphatic rings. The summed E-state index contributed by atoms with van der Waals surface area (Å²) in [6.07, 6.45) is 0. The molecule has 0 saturated heterocycles. The lowest BCUT2D eigenvalue weighted by molar-refractivity contribution is 0.0733. The van der Waals surface area contributed by atoms with E-state index in [1.165, 1.54) is 0 Å². The van der Waals surface area contributed by atoms with Gasteiger partial charge in [-0.05, 0) is 25.1 Å². The van der Waals surface area contributed by atoms with Crippen molar-refractivity contribution < 1.29 is 23.5 Å². The van der Waals surface area contributed by atoms with Crippen molar-refractivity contribution in [3.63, 3.8) is 0 Å². The van der Waals surface area contributed by atoms with Crippen LogP contribution < -0.4 is 14.2 Å². The first kappa shape index (κ1) is 15.5. The molecule has 0 saturated carbocycles. The normalized spacial score (nSPS) is 12.2. The van der Waals surface area contributed by atoms with E-state index < -0.39 is 5.97 Å². The lowest BCUT2D eigenvalue weighted by Crippen LogP contribution is -2.10. The average molecular weight is 358 g/mol. The van der Waals surface area contributed by atoms with Crippen LogP contribution in [0.4, 0.5) is 0 Å². The Bertz CT molecular complexity index is 966. The van der Waals surface area contributed by atoms with Gasteiger partial charge in [0.2, 0.25) is 6.79 Å². The Balaban J connectivity index is 1.67. The number of benzene rings is 2. The van der Waals surface area contributed by atoms with Crippen LogP contribution in [0.15, 0.2) is 47.0 Å². The maximum atomic E-state index is 12.7. The Morgan fingerprint density at radius 1 is 1.16 bits per heavy atom. The molecule has 2 aromatic carbocycles. The van der Waals surface area contributed by atoms with Crippen LogP contribution in [0.3, 0.4) is 0 Å². The Morgan fingerprint density at radius 3 is 2.80 bits per heavy atom. The fourth-order valence-corrected chi connectivity index (χ4v) is 2.77. The van der Waals surface area contributed by atoms with Crippen molar-refractivity contribution >= 4 is 17.6 Å². The van der Waals surface area contributed by atoms with Crippen molar-refractivity contribution in [3.8, 4) is 28.5 Å². The predicted molar refractivity (Wildman–Crippen MR) is 89.2 cm³/mol. The minimum atomic E-state index is -0.590. The van der Waals surface area contributed by atoms with E-state index in [1.54, 1.807) is 49.4 Å². The molecule has 0 bridgehead atoms. The fourth-order valence-electron chi connectivity index (χ4n) is 2.55. The summed E-state index contributed by atoms with van der Waals surface area (Å²) in [7, 11) is 0. The third-order valence-electron chi connectivity index (χ3n) is 3.75. The van der Waals surface area contributed by atoms with Crippen LogP contribution in [0.1, 0.15) is 16.1 Å². The van der Waals surface area contributed by atoms with E-state index in [9.17, 15) is 4.79 Å². The maximum absolute atomic E-state index is 12.7. The van der Waals surface area contributed by atoms with Crippen LogP contribution in [-0.4, -0.2) is 17.9 Å². The predicted octanol–water partition coefficient (Wildman–Crippen LogP) is 4.25. The van der Waals surface area contributed by atoms with Crippen molar-refractivity contribution in [3.05, 3.63) is 58.8 Å². The lowest BCUT2D eigenvalue weighted by Gasteiger charge is -2.06. The second-order valence-electron chi connectivity index (χ2n) is 5.35. The van der Waals surface area contributed by atoms with E-state index in [0.717, 1.165) is 0 Å². The van der Waals surface area contributed by atoms with Crippen molar-refractivity contribution in [2.45, 2.75) is 6.92 Å². The van der Waals surface area contributed by atoms with Crippen LogP contribution in [0, 0.1) is 6.92 Å². The number of aryl methyl sites for hydroxylation is 1. The highest BCUT2D eigenvalue weighted by Gasteiger charge is 2.25. The summed E-state index contributed by atoms with van der Waals surface area (Å²) >= 11 is 6.20. The molecule has 0 spiro atoms. The number of esters is 1. The Labute approximate surface area is 147 Å². The molecule has 1 aromatic heterocycles. The van der Waals surface area contributed by atoms with Gasteiger partial charge in [-0.25, -0.2) is 4.79 Å². The van der Waals surface area contributed by atoms with Crippen molar-refractivity contribution in [2.75, 3.05) is 6.79 Å². The summed E-state index contributed by atoms with van der Waals surface area (Å²) in [4.78, 5) is 12.7. The molecule has 2 heterocycles. The standard InChI is InChI=1S/C18H12ClNO5/c1-10-16(17(20-25-10)12-4-2-3-5-13(12)19)18(21)24-11-6-7-14-15(8-11)23-9-22-14/h2-8H,9H2,1H3. The second-order valence-corrected chi connectivity index (χ2v) is 5.75. The van der Waals surface area contributed by atoms with Crippen molar-refractivity contribution in [1.82, 2.24) is 5.16 Å². The minimum Gasteiger partial charge on any atom is -0.454 e. The molecule has 0 aliphatic carbocycles. The number of fused-ring (bicyclic) bond motifs is 1. The van der Waals surface area contributed by atoms with Gasteiger partial charge in [-0.2, -0.15) is 0 Å².